The van der Waals surface area contributed by atoms with Crippen molar-refractivity contribution in [2.24, 2.45) is 11.8 Å². The van der Waals surface area contributed by atoms with Gasteiger partial charge >= 0.3 is 0 Å². The third-order valence-electron chi connectivity index (χ3n) is 4.56. The summed E-state index contributed by atoms with van der Waals surface area (Å²) in [7, 11) is 0. The Bertz CT molecular complexity index is 537. The summed E-state index contributed by atoms with van der Waals surface area (Å²) in [5.41, 5.74) is 1.09. The van der Waals surface area contributed by atoms with Gasteiger partial charge in [0.25, 0.3) is 0 Å². The van der Waals surface area contributed by atoms with Gasteiger partial charge < -0.3 is 15.3 Å². The number of carbonyl (C=O) groups excluding carboxylic acids is 2. The van der Waals surface area contributed by atoms with Crippen molar-refractivity contribution in [3.63, 3.8) is 0 Å². The second kappa shape index (κ2) is 8.83. The van der Waals surface area contributed by atoms with Crippen LogP contribution in [0.2, 0.25) is 0 Å². The standard InChI is InChI=1S/C19H28N2O3/c1-14(2)19(24)21-10-8-16(9-11-21)18(23)20-17(13-22)12-15-6-4-3-5-7-15/h3-7,14,16-17,22H,8-13H2,1-2H3,(H,20,23). The van der Waals surface area contributed by atoms with Gasteiger partial charge in [0.2, 0.25) is 11.8 Å². The first-order valence-corrected chi connectivity index (χ1v) is 8.75. The van der Waals surface area contributed by atoms with Crippen LogP contribution in [0.15, 0.2) is 30.3 Å². The number of nitrogens with zero attached hydrogens (tertiary/aromatic N) is 1. The highest BCUT2D eigenvalue weighted by Crippen LogP contribution is 2.19. The number of hydrogen-bond acceptors (Lipinski definition) is 3. The van der Waals surface area contributed by atoms with E-state index in [0.29, 0.717) is 32.4 Å². The largest absolute Gasteiger partial charge is 0.394 e. The molecule has 1 atom stereocenters. The van der Waals surface area contributed by atoms with Gasteiger partial charge in [-0.25, -0.2) is 0 Å². The van der Waals surface area contributed by atoms with Gasteiger partial charge in [-0.15, -0.1) is 0 Å². The molecule has 0 saturated carbocycles. The molecule has 1 fully saturated rings. The predicted octanol–water partition coefficient (Wildman–Crippen LogP) is 1.60. The van der Waals surface area contributed by atoms with Gasteiger partial charge in [-0.1, -0.05) is 44.2 Å². The molecule has 1 aromatic rings. The predicted molar refractivity (Wildman–Crippen MR) is 93.3 cm³/mol. The van der Waals surface area contributed by atoms with E-state index in [1.165, 1.54) is 0 Å². The minimum atomic E-state index is -0.268. The van der Waals surface area contributed by atoms with E-state index in [9.17, 15) is 14.7 Å². The Hall–Kier alpha value is -1.88. The van der Waals surface area contributed by atoms with E-state index in [2.05, 4.69) is 5.32 Å². The van der Waals surface area contributed by atoms with Crippen molar-refractivity contribution in [3.05, 3.63) is 35.9 Å². The monoisotopic (exact) mass is 332 g/mol. The van der Waals surface area contributed by atoms with E-state index in [-0.39, 0.29) is 36.3 Å². The van der Waals surface area contributed by atoms with E-state index in [1.807, 2.05) is 49.1 Å². The van der Waals surface area contributed by atoms with Crippen molar-refractivity contribution in [1.29, 1.82) is 0 Å². The number of nitrogens with one attached hydrogen (secondary N) is 1. The van der Waals surface area contributed by atoms with Crippen LogP contribution in [0.3, 0.4) is 0 Å². The summed E-state index contributed by atoms with van der Waals surface area (Å²) in [6.07, 6.45) is 2.00. The summed E-state index contributed by atoms with van der Waals surface area (Å²) < 4.78 is 0. The molecule has 5 heteroatoms. The zero-order valence-corrected chi connectivity index (χ0v) is 14.6. The van der Waals surface area contributed by atoms with Crippen molar-refractivity contribution < 1.29 is 14.7 Å². The number of hydrogen-bond donors (Lipinski definition) is 2. The van der Waals surface area contributed by atoms with Gasteiger partial charge in [0.05, 0.1) is 12.6 Å². The van der Waals surface area contributed by atoms with Crippen molar-refractivity contribution in [2.75, 3.05) is 19.7 Å². The highest BCUT2D eigenvalue weighted by atomic mass is 16.3. The summed E-state index contributed by atoms with van der Waals surface area (Å²) in [5, 5.41) is 12.5. The maximum Gasteiger partial charge on any atom is 0.225 e. The SMILES string of the molecule is CC(C)C(=O)N1CCC(C(=O)NC(CO)Cc2ccccc2)CC1. The molecule has 2 amide bonds. The molecule has 1 aliphatic heterocycles. The van der Waals surface area contributed by atoms with Crippen LogP contribution in [-0.2, 0) is 16.0 Å². The zero-order valence-electron chi connectivity index (χ0n) is 14.6. The molecule has 0 aromatic heterocycles. The normalized spacial score (nSPS) is 16.9. The average molecular weight is 332 g/mol. The molecule has 0 bridgehead atoms. The van der Waals surface area contributed by atoms with Gasteiger partial charge in [-0.05, 0) is 24.8 Å². The molecular weight excluding hydrogens is 304 g/mol. The molecule has 24 heavy (non-hydrogen) atoms. The Morgan fingerprint density at radius 1 is 1.21 bits per heavy atom. The molecule has 0 aliphatic carbocycles. The molecule has 2 rings (SSSR count). The molecule has 0 spiro atoms. The van der Waals surface area contributed by atoms with Crippen LogP contribution in [0, 0.1) is 11.8 Å². The summed E-state index contributed by atoms with van der Waals surface area (Å²) in [5.74, 6) is 0.0684. The molecule has 1 unspecified atom stereocenters. The summed E-state index contributed by atoms with van der Waals surface area (Å²) >= 11 is 0. The molecule has 1 heterocycles. The second-order valence-corrected chi connectivity index (χ2v) is 6.83. The summed E-state index contributed by atoms with van der Waals surface area (Å²) in [6.45, 7) is 4.99. The van der Waals surface area contributed by atoms with Gasteiger partial charge in [-0.2, -0.15) is 0 Å². The fourth-order valence-electron chi connectivity index (χ4n) is 3.11. The van der Waals surface area contributed by atoms with Crippen LogP contribution in [-0.4, -0.2) is 47.6 Å². The fourth-order valence-corrected chi connectivity index (χ4v) is 3.11. The quantitative estimate of drug-likeness (QED) is 0.831. The smallest absolute Gasteiger partial charge is 0.225 e. The zero-order chi connectivity index (χ0) is 17.5. The van der Waals surface area contributed by atoms with Crippen LogP contribution in [0.4, 0.5) is 0 Å². The van der Waals surface area contributed by atoms with Crippen LogP contribution in [0.5, 0.6) is 0 Å². The van der Waals surface area contributed by atoms with Crippen LogP contribution in [0.25, 0.3) is 0 Å². The van der Waals surface area contributed by atoms with Crippen LogP contribution in [0.1, 0.15) is 32.3 Å². The highest BCUT2D eigenvalue weighted by Gasteiger charge is 2.29. The van der Waals surface area contributed by atoms with E-state index >= 15 is 0 Å². The van der Waals surface area contributed by atoms with E-state index in [0.717, 1.165) is 5.56 Å². The van der Waals surface area contributed by atoms with Crippen LogP contribution >= 0.6 is 0 Å². The van der Waals surface area contributed by atoms with Gasteiger partial charge in [-0.3, -0.25) is 9.59 Å². The highest BCUT2D eigenvalue weighted by molar-refractivity contribution is 5.81. The lowest BCUT2D eigenvalue weighted by molar-refractivity contribution is -0.138. The Balaban J connectivity index is 1.83. The Labute approximate surface area is 144 Å². The lowest BCUT2D eigenvalue weighted by atomic mass is 9.94. The summed E-state index contributed by atoms with van der Waals surface area (Å²) in [6, 6.07) is 9.56. The van der Waals surface area contributed by atoms with Crippen molar-refractivity contribution >= 4 is 11.8 Å². The first kappa shape index (κ1) is 18.5. The number of piperidine rings is 1. The molecule has 132 valence electrons. The lowest BCUT2D eigenvalue weighted by Crippen LogP contribution is -2.47. The fraction of sp³-hybridized carbons (Fsp3) is 0.579. The third kappa shape index (κ3) is 5.06. The molecular formula is C19H28N2O3. The number of aliphatic hydroxyl groups is 1. The maximum atomic E-state index is 12.4. The Morgan fingerprint density at radius 3 is 2.38 bits per heavy atom. The average Bonchev–Trinajstić information content (AvgIpc) is 2.61. The number of benzene rings is 1. The second-order valence-electron chi connectivity index (χ2n) is 6.83. The number of rotatable bonds is 6. The minimum absolute atomic E-state index is 0.0000169. The molecule has 1 saturated heterocycles. The topological polar surface area (TPSA) is 69.6 Å². The third-order valence-corrected chi connectivity index (χ3v) is 4.56. The summed E-state index contributed by atoms with van der Waals surface area (Å²) in [4.78, 5) is 26.3. The molecule has 1 aromatic carbocycles. The van der Waals surface area contributed by atoms with E-state index in [1.54, 1.807) is 0 Å². The van der Waals surface area contributed by atoms with E-state index in [4.69, 9.17) is 0 Å². The molecule has 0 radical (unpaired) electrons. The van der Waals surface area contributed by atoms with Crippen LogP contribution < -0.4 is 5.32 Å². The van der Waals surface area contributed by atoms with Gasteiger partial charge in [0, 0.05) is 24.9 Å². The molecule has 1 aliphatic rings. The van der Waals surface area contributed by atoms with Gasteiger partial charge in [0.1, 0.15) is 0 Å². The number of likely N-dealkylation sites (tertiary alicyclic amines) is 1. The van der Waals surface area contributed by atoms with Gasteiger partial charge in [0.15, 0.2) is 0 Å². The minimum Gasteiger partial charge on any atom is -0.394 e. The Kier molecular flexibility index (Phi) is 6.79. The lowest BCUT2D eigenvalue weighted by Gasteiger charge is -2.33. The first-order chi connectivity index (χ1) is 11.5. The van der Waals surface area contributed by atoms with E-state index < -0.39 is 0 Å². The number of amides is 2. The number of aliphatic hydroxyl groups excluding tert-OH is 1. The molecule has 5 nitrogen and oxygen atoms in total. The number of carbonyl (C=O) groups is 2. The Morgan fingerprint density at radius 2 is 1.83 bits per heavy atom. The van der Waals surface area contributed by atoms with Crippen molar-refractivity contribution in [2.45, 2.75) is 39.2 Å². The van der Waals surface area contributed by atoms with Crippen molar-refractivity contribution in [1.82, 2.24) is 10.2 Å². The van der Waals surface area contributed by atoms with Crippen molar-refractivity contribution in [3.8, 4) is 0 Å². The molecule has 2 N–H and O–H groups in total. The first-order valence-electron chi connectivity index (χ1n) is 8.75. The maximum absolute atomic E-state index is 12.4.